The molecule has 72 valence electrons. The highest BCUT2D eigenvalue weighted by atomic mass is 35.5. The summed E-state index contributed by atoms with van der Waals surface area (Å²) < 4.78 is 1.57. The van der Waals surface area contributed by atoms with E-state index in [-0.39, 0.29) is 5.15 Å². The molecule has 0 amide bonds. The minimum atomic E-state index is 0.239. The summed E-state index contributed by atoms with van der Waals surface area (Å²) >= 11 is 5.75. The lowest BCUT2D eigenvalue weighted by molar-refractivity contribution is 0.829. The van der Waals surface area contributed by atoms with Gasteiger partial charge in [0.05, 0.1) is 5.69 Å². The average Bonchev–Trinajstić information content (AvgIpc) is 2.57. The molecule has 0 atom stereocenters. The van der Waals surface area contributed by atoms with E-state index in [1.54, 1.807) is 10.9 Å². The van der Waals surface area contributed by atoms with E-state index in [2.05, 4.69) is 15.1 Å². The Labute approximate surface area is 85.5 Å². The van der Waals surface area contributed by atoms with Crippen LogP contribution in [0.1, 0.15) is 5.69 Å². The predicted molar refractivity (Wildman–Crippen MR) is 53.3 cm³/mol. The SMILES string of the molecule is Cc1ccn(-c2ncnc(Cl)c2N)n1. The van der Waals surface area contributed by atoms with Gasteiger partial charge in [-0.05, 0) is 13.0 Å². The fraction of sp³-hybridized carbons (Fsp3) is 0.125. The van der Waals surface area contributed by atoms with E-state index in [0.29, 0.717) is 11.5 Å². The van der Waals surface area contributed by atoms with E-state index in [9.17, 15) is 0 Å². The van der Waals surface area contributed by atoms with Gasteiger partial charge in [0.2, 0.25) is 0 Å². The Morgan fingerprint density at radius 3 is 2.86 bits per heavy atom. The van der Waals surface area contributed by atoms with Gasteiger partial charge in [0.1, 0.15) is 12.0 Å². The zero-order chi connectivity index (χ0) is 10.1. The third-order valence-electron chi connectivity index (χ3n) is 1.75. The number of nitrogens with two attached hydrogens (primary N) is 1. The van der Waals surface area contributed by atoms with Gasteiger partial charge in [-0.15, -0.1) is 0 Å². The van der Waals surface area contributed by atoms with Crippen LogP contribution in [0.25, 0.3) is 5.82 Å². The molecule has 0 aromatic carbocycles. The molecule has 0 bridgehead atoms. The van der Waals surface area contributed by atoms with E-state index in [4.69, 9.17) is 17.3 Å². The Kier molecular flexibility index (Phi) is 2.09. The number of anilines is 1. The quantitative estimate of drug-likeness (QED) is 0.717. The first-order valence-electron chi connectivity index (χ1n) is 3.97. The van der Waals surface area contributed by atoms with Crippen molar-refractivity contribution in [1.29, 1.82) is 0 Å². The van der Waals surface area contributed by atoms with Gasteiger partial charge in [0.15, 0.2) is 11.0 Å². The molecule has 2 N–H and O–H groups in total. The summed E-state index contributed by atoms with van der Waals surface area (Å²) in [5, 5.41) is 4.41. The van der Waals surface area contributed by atoms with Crippen molar-refractivity contribution in [3.05, 3.63) is 29.4 Å². The van der Waals surface area contributed by atoms with Crippen molar-refractivity contribution >= 4 is 17.3 Å². The van der Waals surface area contributed by atoms with Crippen LogP contribution in [0.3, 0.4) is 0 Å². The van der Waals surface area contributed by atoms with Gasteiger partial charge in [-0.1, -0.05) is 11.6 Å². The topological polar surface area (TPSA) is 69.6 Å². The van der Waals surface area contributed by atoms with Gasteiger partial charge in [-0.3, -0.25) is 0 Å². The number of nitrogens with zero attached hydrogens (tertiary/aromatic N) is 4. The highest BCUT2D eigenvalue weighted by molar-refractivity contribution is 6.32. The molecule has 0 aliphatic rings. The summed E-state index contributed by atoms with van der Waals surface area (Å²) in [5.41, 5.74) is 6.92. The normalized spacial score (nSPS) is 10.4. The van der Waals surface area contributed by atoms with Crippen molar-refractivity contribution in [1.82, 2.24) is 19.7 Å². The second-order valence-electron chi connectivity index (χ2n) is 2.80. The van der Waals surface area contributed by atoms with Gasteiger partial charge in [0, 0.05) is 6.20 Å². The Morgan fingerprint density at radius 2 is 2.21 bits per heavy atom. The Morgan fingerprint density at radius 1 is 1.43 bits per heavy atom. The molecule has 2 aromatic heterocycles. The van der Waals surface area contributed by atoms with Crippen molar-refractivity contribution in [2.45, 2.75) is 6.92 Å². The van der Waals surface area contributed by atoms with Crippen LogP contribution >= 0.6 is 11.6 Å². The molecule has 5 nitrogen and oxygen atoms in total. The number of aryl methyl sites for hydroxylation is 1. The first-order valence-corrected chi connectivity index (χ1v) is 4.35. The van der Waals surface area contributed by atoms with Crippen LogP contribution in [0.2, 0.25) is 5.15 Å². The molecule has 2 rings (SSSR count). The molecule has 2 heterocycles. The molecule has 0 fully saturated rings. The van der Waals surface area contributed by atoms with Gasteiger partial charge in [-0.2, -0.15) is 5.10 Å². The number of hydrogen-bond donors (Lipinski definition) is 1. The maximum Gasteiger partial charge on any atom is 0.181 e. The van der Waals surface area contributed by atoms with Crippen molar-refractivity contribution in [2.24, 2.45) is 0 Å². The molecule has 0 aliphatic heterocycles. The fourth-order valence-electron chi connectivity index (χ4n) is 1.08. The summed E-state index contributed by atoms with van der Waals surface area (Å²) in [6.07, 6.45) is 3.12. The third kappa shape index (κ3) is 1.42. The van der Waals surface area contributed by atoms with Crippen LogP contribution in [0, 0.1) is 6.92 Å². The molecule has 0 spiro atoms. The first kappa shape index (κ1) is 8.96. The zero-order valence-corrected chi connectivity index (χ0v) is 8.23. The minimum absolute atomic E-state index is 0.239. The number of aromatic nitrogens is 4. The Hall–Kier alpha value is -1.62. The lowest BCUT2D eigenvalue weighted by Crippen LogP contribution is -2.04. The smallest absolute Gasteiger partial charge is 0.181 e. The van der Waals surface area contributed by atoms with Crippen LogP contribution in [0.4, 0.5) is 5.69 Å². The number of nitrogen functional groups attached to an aromatic ring is 1. The van der Waals surface area contributed by atoms with Crippen molar-refractivity contribution < 1.29 is 0 Å². The van der Waals surface area contributed by atoms with Crippen LogP contribution < -0.4 is 5.73 Å². The number of halogens is 1. The molecular weight excluding hydrogens is 202 g/mol. The van der Waals surface area contributed by atoms with E-state index in [1.165, 1.54) is 6.33 Å². The maximum absolute atomic E-state index is 5.75. The molecule has 0 saturated carbocycles. The Balaban J connectivity index is 2.57. The van der Waals surface area contributed by atoms with E-state index >= 15 is 0 Å². The van der Waals surface area contributed by atoms with Crippen molar-refractivity contribution in [3.63, 3.8) is 0 Å². The largest absolute Gasteiger partial charge is 0.393 e. The van der Waals surface area contributed by atoms with Gasteiger partial charge in [0.25, 0.3) is 0 Å². The lowest BCUT2D eigenvalue weighted by Gasteiger charge is -2.03. The summed E-state index contributed by atoms with van der Waals surface area (Å²) in [6.45, 7) is 1.88. The van der Waals surface area contributed by atoms with Crippen molar-refractivity contribution in [3.8, 4) is 5.82 Å². The van der Waals surface area contributed by atoms with Gasteiger partial charge >= 0.3 is 0 Å². The molecule has 0 aliphatic carbocycles. The van der Waals surface area contributed by atoms with Crippen LogP contribution in [0.5, 0.6) is 0 Å². The van der Waals surface area contributed by atoms with Crippen LogP contribution in [0.15, 0.2) is 18.6 Å². The predicted octanol–water partition coefficient (Wildman–Crippen LogP) is 1.21. The van der Waals surface area contributed by atoms with Crippen LogP contribution in [-0.4, -0.2) is 19.7 Å². The summed E-state index contributed by atoms with van der Waals surface area (Å²) in [5.74, 6) is 0.498. The summed E-state index contributed by atoms with van der Waals surface area (Å²) in [4.78, 5) is 7.76. The zero-order valence-electron chi connectivity index (χ0n) is 7.48. The van der Waals surface area contributed by atoms with Crippen LogP contribution in [-0.2, 0) is 0 Å². The van der Waals surface area contributed by atoms with Crippen molar-refractivity contribution in [2.75, 3.05) is 5.73 Å². The first-order chi connectivity index (χ1) is 6.68. The second-order valence-corrected chi connectivity index (χ2v) is 3.16. The number of rotatable bonds is 1. The van der Waals surface area contributed by atoms with E-state index < -0.39 is 0 Å². The lowest BCUT2D eigenvalue weighted by atomic mass is 10.5. The third-order valence-corrected chi connectivity index (χ3v) is 2.05. The standard InChI is InChI=1S/C8H8ClN5/c1-5-2-3-14(13-5)8-6(10)7(9)11-4-12-8/h2-4H,10H2,1H3. The monoisotopic (exact) mass is 209 g/mol. The molecule has 6 heteroatoms. The fourth-order valence-corrected chi connectivity index (χ4v) is 1.21. The van der Waals surface area contributed by atoms with Gasteiger partial charge < -0.3 is 5.73 Å². The summed E-state index contributed by atoms with van der Waals surface area (Å²) in [7, 11) is 0. The van der Waals surface area contributed by atoms with E-state index in [1.807, 2.05) is 13.0 Å². The van der Waals surface area contributed by atoms with Gasteiger partial charge in [-0.25, -0.2) is 14.6 Å². The van der Waals surface area contributed by atoms with E-state index in [0.717, 1.165) is 5.69 Å². The maximum atomic E-state index is 5.75. The highest BCUT2D eigenvalue weighted by Crippen LogP contribution is 2.20. The Bertz CT molecular complexity index is 465. The molecular formula is C8H8ClN5. The molecule has 0 saturated heterocycles. The minimum Gasteiger partial charge on any atom is -0.393 e. The average molecular weight is 210 g/mol. The molecule has 0 radical (unpaired) electrons. The molecule has 2 aromatic rings. The molecule has 0 unspecified atom stereocenters. The highest BCUT2D eigenvalue weighted by Gasteiger charge is 2.08. The second kappa shape index (κ2) is 3.26. The molecule has 14 heavy (non-hydrogen) atoms. The summed E-state index contributed by atoms with van der Waals surface area (Å²) in [6, 6.07) is 1.86. The number of hydrogen-bond acceptors (Lipinski definition) is 4.